The van der Waals surface area contributed by atoms with Crippen LogP contribution < -0.4 is 5.32 Å². The van der Waals surface area contributed by atoms with Crippen LogP contribution in [0.3, 0.4) is 0 Å². The third-order valence-electron chi connectivity index (χ3n) is 10.9. The second-order valence-electron chi connectivity index (χ2n) is 12.6. The fourth-order valence-electron chi connectivity index (χ4n) is 9.14. The summed E-state index contributed by atoms with van der Waals surface area (Å²) >= 11 is 0. The largest absolute Gasteiger partial charge is 0.393 e. The molecule has 10 atom stereocenters. The van der Waals surface area contributed by atoms with Gasteiger partial charge < -0.3 is 15.5 Å². The third-order valence-corrected chi connectivity index (χ3v) is 11.6. The van der Waals surface area contributed by atoms with E-state index in [1.807, 2.05) is 0 Å². The van der Waals surface area contributed by atoms with Crippen molar-refractivity contribution in [2.45, 2.75) is 97.2 Å². The van der Waals surface area contributed by atoms with E-state index in [0.717, 1.165) is 51.4 Å². The van der Waals surface area contributed by atoms with Gasteiger partial charge in [-0.05, 0) is 104 Å². The number of aliphatic hydroxyl groups is 2. The Hall–Kier alpha value is -0.700. The molecule has 8 heteroatoms. The van der Waals surface area contributed by atoms with Crippen LogP contribution in [0.15, 0.2) is 0 Å². The lowest BCUT2D eigenvalue weighted by molar-refractivity contribution is -0.174. The quantitative estimate of drug-likeness (QED) is 0.398. The molecule has 0 bridgehead atoms. The first-order valence-corrected chi connectivity index (χ1v) is 15.0. The number of carbonyl (C=O) groups excluding carboxylic acids is 1. The minimum atomic E-state index is -4.06. The number of rotatable bonds is 7. The molecule has 34 heavy (non-hydrogen) atoms. The molecule has 4 saturated carbocycles. The van der Waals surface area contributed by atoms with E-state index >= 15 is 0 Å². The molecule has 4 fully saturated rings. The second kappa shape index (κ2) is 9.64. The van der Waals surface area contributed by atoms with Gasteiger partial charge in [0.2, 0.25) is 5.91 Å². The summed E-state index contributed by atoms with van der Waals surface area (Å²) in [5.41, 5.74) is 0.411. The van der Waals surface area contributed by atoms with Crippen LogP contribution in [-0.2, 0) is 14.9 Å². The lowest BCUT2D eigenvalue weighted by Gasteiger charge is -2.62. The van der Waals surface area contributed by atoms with Crippen LogP contribution in [0.5, 0.6) is 0 Å². The molecule has 0 radical (unpaired) electrons. The van der Waals surface area contributed by atoms with Crippen molar-refractivity contribution >= 4 is 16.0 Å². The monoisotopic (exact) mass is 499 g/mol. The van der Waals surface area contributed by atoms with Crippen LogP contribution in [0.1, 0.15) is 85.0 Å². The van der Waals surface area contributed by atoms with Gasteiger partial charge in [-0.3, -0.25) is 9.35 Å². The van der Waals surface area contributed by atoms with E-state index < -0.39 is 15.9 Å². The molecule has 0 unspecified atom stereocenters. The topological polar surface area (TPSA) is 124 Å². The molecule has 0 saturated heterocycles. The van der Waals surface area contributed by atoms with Gasteiger partial charge >= 0.3 is 0 Å². The van der Waals surface area contributed by atoms with Crippen molar-refractivity contribution in [1.82, 2.24) is 5.32 Å². The predicted octanol–water partition coefficient (Wildman–Crippen LogP) is 3.40. The molecule has 0 heterocycles. The number of hydrogen-bond acceptors (Lipinski definition) is 5. The highest BCUT2D eigenvalue weighted by Gasteiger charge is 2.62. The Labute approximate surface area is 205 Å². The van der Waals surface area contributed by atoms with Crippen molar-refractivity contribution in [2.75, 3.05) is 12.3 Å². The highest BCUT2D eigenvalue weighted by molar-refractivity contribution is 7.85. The maximum absolute atomic E-state index is 12.2. The van der Waals surface area contributed by atoms with Gasteiger partial charge in [-0.25, -0.2) is 0 Å². The van der Waals surface area contributed by atoms with Gasteiger partial charge in [0.05, 0.1) is 18.0 Å². The van der Waals surface area contributed by atoms with E-state index in [9.17, 15) is 23.4 Å². The molecule has 4 rings (SSSR count). The molecule has 1 amide bonds. The van der Waals surface area contributed by atoms with Crippen LogP contribution in [0.25, 0.3) is 0 Å². The summed E-state index contributed by atoms with van der Waals surface area (Å²) in [6, 6.07) is 0. The summed E-state index contributed by atoms with van der Waals surface area (Å²) in [6.07, 6.45) is 8.87. The normalized spacial score (nSPS) is 45.1. The first-order valence-electron chi connectivity index (χ1n) is 13.4. The molecule has 0 aromatic carbocycles. The van der Waals surface area contributed by atoms with E-state index in [4.69, 9.17) is 4.55 Å². The first kappa shape index (κ1) is 26.4. The average Bonchev–Trinajstić information content (AvgIpc) is 3.09. The van der Waals surface area contributed by atoms with Crippen molar-refractivity contribution in [1.29, 1.82) is 0 Å². The third kappa shape index (κ3) is 4.94. The van der Waals surface area contributed by atoms with Crippen LogP contribution in [0.2, 0.25) is 0 Å². The molecule has 0 aliphatic heterocycles. The SMILES string of the molecule is C[C@H](CCC(=O)NCCS(=O)(=O)O)[C@H]1CC[C@@H]2[C@H]3[C@H](O)C[C@@H]4C[C@H](O)CC[C@]4(C)[C@@H]3CC[C@@]21C. The Morgan fingerprint density at radius 1 is 1.03 bits per heavy atom. The number of fused-ring (bicyclic) bond motifs is 5. The maximum atomic E-state index is 12.2. The lowest BCUT2D eigenvalue weighted by Crippen LogP contribution is -2.58. The summed E-state index contributed by atoms with van der Waals surface area (Å²) in [4.78, 5) is 12.2. The lowest BCUT2D eigenvalue weighted by atomic mass is 9.43. The zero-order chi connectivity index (χ0) is 24.9. The Bertz CT molecular complexity index is 863. The van der Waals surface area contributed by atoms with Gasteiger partial charge in [0.15, 0.2) is 0 Å². The van der Waals surface area contributed by atoms with Crippen LogP contribution in [0.4, 0.5) is 0 Å². The number of aliphatic hydroxyl groups excluding tert-OH is 2. The fourth-order valence-corrected chi connectivity index (χ4v) is 9.50. The van der Waals surface area contributed by atoms with Crippen LogP contribution >= 0.6 is 0 Å². The summed E-state index contributed by atoms with van der Waals surface area (Å²) in [5, 5.41) is 24.2. The molecule has 4 N–H and O–H groups in total. The molecule has 0 aromatic rings. The van der Waals surface area contributed by atoms with E-state index in [1.165, 1.54) is 6.42 Å². The standard InChI is InChI=1S/C26H45NO6S/c1-16(4-7-23(30)27-12-13-34(31,32)33)19-5-6-20-24-21(9-11-26(19,20)3)25(2)10-8-18(28)14-17(25)15-22(24)29/h16-22,24,28-29H,4-15H2,1-3H3,(H,27,30)(H,31,32,33)/t16-,17+,18-,19-,20-,21-,22-,24-,25+,26-/m1/s1. The summed E-state index contributed by atoms with van der Waals surface area (Å²) in [6.45, 7) is 7.05. The maximum Gasteiger partial charge on any atom is 0.266 e. The highest BCUT2D eigenvalue weighted by atomic mass is 32.2. The zero-order valence-corrected chi connectivity index (χ0v) is 21.9. The van der Waals surface area contributed by atoms with Crippen molar-refractivity contribution in [3.63, 3.8) is 0 Å². The van der Waals surface area contributed by atoms with Crippen molar-refractivity contribution in [2.24, 2.45) is 46.3 Å². The van der Waals surface area contributed by atoms with E-state index in [1.54, 1.807) is 0 Å². The number of amides is 1. The van der Waals surface area contributed by atoms with Gasteiger partial charge in [0.25, 0.3) is 10.1 Å². The van der Waals surface area contributed by atoms with Crippen molar-refractivity contribution in [3.8, 4) is 0 Å². The predicted molar refractivity (Wildman–Crippen MR) is 130 cm³/mol. The molecule has 0 aromatic heterocycles. The minimum Gasteiger partial charge on any atom is -0.393 e. The average molecular weight is 500 g/mol. The van der Waals surface area contributed by atoms with E-state index in [0.29, 0.717) is 41.9 Å². The second-order valence-corrected chi connectivity index (χ2v) is 14.2. The smallest absolute Gasteiger partial charge is 0.266 e. The molecule has 196 valence electrons. The first-order chi connectivity index (χ1) is 15.8. The zero-order valence-electron chi connectivity index (χ0n) is 21.1. The number of carbonyl (C=O) groups is 1. The van der Waals surface area contributed by atoms with Gasteiger partial charge in [0, 0.05) is 13.0 Å². The Morgan fingerprint density at radius 3 is 2.41 bits per heavy atom. The fraction of sp³-hybridized carbons (Fsp3) is 0.962. The molecule has 7 nitrogen and oxygen atoms in total. The van der Waals surface area contributed by atoms with Gasteiger partial charge in [-0.15, -0.1) is 0 Å². The number of hydrogen-bond donors (Lipinski definition) is 4. The molecule has 4 aliphatic carbocycles. The Kier molecular flexibility index (Phi) is 7.47. The Morgan fingerprint density at radius 2 is 1.71 bits per heavy atom. The van der Waals surface area contributed by atoms with Crippen molar-refractivity contribution in [3.05, 3.63) is 0 Å². The molecule has 4 aliphatic rings. The van der Waals surface area contributed by atoms with E-state index in [2.05, 4.69) is 26.1 Å². The van der Waals surface area contributed by atoms with Gasteiger partial charge in [0.1, 0.15) is 0 Å². The number of nitrogens with one attached hydrogen (secondary N) is 1. The minimum absolute atomic E-state index is 0.0625. The van der Waals surface area contributed by atoms with Crippen molar-refractivity contribution < 1.29 is 28.0 Å². The van der Waals surface area contributed by atoms with E-state index in [-0.39, 0.29) is 35.5 Å². The summed E-state index contributed by atoms with van der Waals surface area (Å²) in [7, 11) is -4.06. The van der Waals surface area contributed by atoms with Gasteiger partial charge in [-0.2, -0.15) is 8.42 Å². The van der Waals surface area contributed by atoms with Crippen LogP contribution in [-0.4, -0.2) is 53.6 Å². The van der Waals surface area contributed by atoms with Crippen LogP contribution in [0, 0.1) is 46.3 Å². The summed E-state index contributed by atoms with van der Waals surface area (Å²) in [5.74, 6) is 2.10. The molecule has 0 spiro atoms. The highest BCUT2D eigenvalue weighted by Crippen LogP contribution is 2.68. The van der Waals surface area contributed by atoms with Gasteiger partial charge in [-0.1, -0.05) is 20.8 Å². The Balaban J connectivity index is 1.39. The summed E-state index contributed by atoms with van der Waals surface area (Å²) < 4.78 is 30.5. The molecular weight excluding hydrogens is 454 g/mol. The molecular formula is C26H45NO6S.